The van der Waals surface area contributed by atoms with E-state index in [9.17, 15) is 22.0 Å². The smallest absolute Gasteiger partial charge is 0.298 e. The Morgan fingerprint density at radius 3 is 2.59 bits per heavy atom. The molecule has 0 radical (unpaired) electrons. The highest BCUT2D eigenvalue weighted by Crippen LogP contribution is 2.33. The average Bonchev–Trinajstić information content (AvgIpc) is 3.04. The molecule has 1 aromatic carbocycles. The van der Waals surface area contributed by atoms with Crippen LogP contribution in [0, 0.1) is 0 Å². The van der Waals surface area contributed by atoms with Gasteiger partial charge in [0.05, 0.1) is 16.7 Å². The van der Waals surface area contributed by atoms with Crippen LogP contribution in [0.1, 0.15) is 17.9 Å². The summed E-state index contributed by atoms with van der Waals surface area (Å²) in [6, 6.07) is 2.65. The van der Waals surface area contributed by atoms with Crippen molar-refractivity contribution in [1.82, 2.24) is 19.7 Å². The molecule has 0 fully saturated rings. The number of hydrogen-bond donors (Lipinski definition) is 1. The fraction of sp³-hybridized carbons (Fsp3) is 0.167. The van der Waals surface area contributed by atoms with Crippen molar-refractivity contribution in [2.75, 3.05) is 0 Å². The van der Waals surface area contributed by atoms with E-state index in [-0.39, 0.29) is 10.7 Å². The SMILES string of the molecule is FC(F)c1nc(C(F)(F)F)cn1-c1cc(Cl)c2[nH]ncc2c1. The predicted molar refractivity (Wildman–Crippen MR) is 68.2 cm³/mol. The summed E-state index contributed by atoms with van der Waals surface area (Å²) in [4.78, 5) is 2.98. The van der Waals surface area contributed by atoms with Gasteiger partial charge < -0.3 is 0 Å². The number of aromatic amines is 1. The molecule has 0 aliphatic heterocycles. The van der Waals surface area contributed by atoms with Gasteiger partial charge >= 0.3 is 6.18 Å². The van der Waals surface area contributed by atoms with E-state index in [1.807, 2.05) is 0 Å². The monoisotopic (exact) mass is 336 g/mol. The Bertz CT molecular complexity index is 836. The minimum Gasteiger partial charge on any atom is -0.298 e. The van der Waals surface area contributed by atoms with Gasteiger partial charge in [-0.25, -0.2) is 13.8 Å². The lowest BCUT2D eigenvalue weighted by Crippen LogP contribution is -2.05. The molecule has 0 saturated carbocycles. The van der Waals surface area contributed by atoms with Crippen molar-refractivity contribution in [3.63, 3.8) is 0 Å². The van der Waals surface area contributed by atoms with Crippen LogP contribution in [0.25, 0.3) is 16.6 Å². The second kappa shape index (κ2) is 4.94. The number of fused-ring (bicyclic) bond motifs is 1. The lowest BCUT2D eigenvalue weighted by Gasteiger charge is -2.08. The van der Waals surface area contributed by atoms with Gasteiger partial charge in [-0.1, -0.05) is 11.6 Å². The highest BCUT2D eigenvalue weighted by atomic mass is 35.5. The van der Waals surface area contributed by atoms with E-state index in [0.29, 0.717) is 21.7 Å². The summed E-state index contributed by atoms with van der Waals surface area (Å²) in [5.74, 6) is -1.01. The fourth-order valence-electron chi connectivity index (χ4n) is 2.03. The van der Waals surface area contributed by atoms with Gasteiger partial charge in [0.2, 0.25) is 0 Å². The molecule has 116 valence electrons. The highest BCUT2D eigenvalue weighted by Gasteiger charge is 2.36. The molecule has 0 aliphatic rings. The minimum absolute atomic E-state index is 0.0391. The molecule has 0 atom stereocenters. The maximum Gasteiger partial charge on any atom is 0.434 e. The van der Waals surface area contributed by atoms with Crippen LogP contribution in [0.3, 0.4) is 0 Å². The lowest BCUT2D eigenvalue weighted by atomic mass is 10.2. The molecule has 0 unspecified atom stereocenters. The molecule has 0 spiro atoms. The van der Waals surface area contributed by atoms with E-state index < -0.39 is 24.1 Å². The Morgan fingerprint density at radius 2 is 1.95 bits per heavy atom. The molecule has 1 N–H and O–H groups in total. The number of hydrogen-bond acceptors (Lipinski definition) is 2. The summed E-state index contributed by atoms with van der Waals surface area (Å²) in [7, 11) is 0. The lowest BCUT2D eigenvalue weighted by molar-refractivity contribution is -0.141. The van der Waals surface area contributed by atoms with E-state index in [0.717, 1.165) is 0 Å². The van der Waals surface area contributed by atoms with Crippen molar-refractivity contribution in [2.45, 2.75) is 12.6 Å². The molecule has 3 aromatic rings. The van der Waals surface area contributed by atoms with Gasteiger partial charge in [-0.05, 0) is 12.1 Å². The number of nitrogens with one attached hydrogen (secondary N) is 1. The van der Waals surface area contributed by atoms with E-state index in [4.69, 9.17) is 11.6 Å². The van der Waals surface area contributed by atoms with E-state index in [1.54, 1.807) is 0 Å². The summed E-state index contributed by atoms with van der Waals surface area (Å²) in [5, 5.41) is 6.96. The van der Waals surface area contributed by atoms with E-state index in [1.165, 1.54) is 18.3 Å². The zero-order chi connectivity index (χ0) is 16.1. The number of rotatable bonds is 2. The van der Waals surface area contributed by atoms with Crippen molar-refractivity contribution in [3.05, 3.63) is 41.1 Å². The van der Waals surface area contributed by atoms with Gasteiger partial charge in [0, 0.05) is 17.3 Å². The number of benzene rings is 1. The quantitative estimate of drug-likeness (QED) is 0.707. The Kier molecular flexibility index (Phi) is 3.32. The first-order valence-electron chi connectivity index (χ1n) is 5.85. The van der Waals surface area contributed by atoms with Crippen molar-refractivity contribution in [3.8, 4) is 5.69 Å². The minimum atomic E-state index is -4.82. The summed E-state index contributed by atoms with van der Waals surface area (Å²) >= 11 is 5.97. The second-order valence-electron chi connectivity index (χ2n) is 4.41. The van der Waals surface area contributed by atoms with Gasteiger partial charge in [-0.2, -0.15) is 18.3 Å². The van der Waals surface area contributed by atoms with Crippen LogP contribution < -0.4 is 0 Å². The topological polar surface area (TPSA) is 46.5 Å². The first-order chi connectivity index (χ1) is 10.3. The first-order valence-corrected chi connectivity index (χ1v) is 6.23. The molecule has 3 rings (SSSR count). The largest absolute Gasteiger partial charge is 0.434 e. The zero-order valence-electron chi connectivity index (χ0n) is 10.5. The third-order valence-electron chi connectivity index (χ3n) is 2.98. The molecule has 0 aliphatic carbocycles. The van der Waals surface area contributed by atoms with E-state index in [2.05, 4.69) is 15.2 Å². The molecule has 2 heterocycles. The third kappa shape index (κ3) is 2.41. The van der Waals surface area contributed by atoms with Gasteiger partial charge in [-0.15, -0.1) is 0 Å². The normalized spacial score (nSPS) is 12.5. The van der Waals surface area contributed by atoms with Crippen LogP contribution in [0.15, 0.2) is 24.5 Å². The first kappa shape index (κ1) is 14.8. The Labute approximate surface area is 124 Å². The number of H-pyrrole nitrogens is 1. The Hall–Kier alpha value is -2.16. The van der Waals surface area contributed by atoms with Crippen LogP contribution in [-0.4, -0.2) is 19.7 Å². The standard InChI is InChI=1S/C12H6ClF5N4/c13-7-2-6(1-5-3-19-21-9(5)7)22-4-8(12(16,17)18)20-11(22)10(14)15/h1-4,10H,(H,19,21). The molecule has 22 heavy (non-hydrogen) atoms. The molecule has 4 nitrogen and oxygen atoms in total. The second-order valence-corrected chi connectivity index (χ2v) is 4.82. The Morgan fingerprint density at radius 1 is 1.23 bits per heavy atom. The zero-order valence-corrected chi connectivity index (χ0v) is 11.3. The molecule has 0 amide bonds. The Balaban J connectivity index is 2.22. The van der Waals surface area contributed by atoms with Crippen LogP contribution in [0.5, 0.6) is 0 Å². The number of aromatic nitrogens is 4. The number of imidazole rings is 1. The molecular weight excluding hydrogens is 331 g/mol. The van der Waals surface area contributed by atoms with Crippen LogP contribution in [0.4, 0.5) is 22.0 Å². The maximum absolute atomic E-state index is 13.0. The molecular formula is C12H6ClF5N4. The van der Waals surface area contributed by atoms with Crippen LogP contribution >= 0.6 is 11.6 Å². The van der Waals surface area contributed by atoms with Gasteiger partial charge in [0.25, 0.3) is 6.43 Å². The van der Waals surface area contributed by atoms with Gasteiger partial charge in [-0.3, -0.25) is 9.67 Å². The number of halogens is 6. The molecule has 2 aromatic heterocycles. The molecule has 0 bridgehead atoms. The van der Waals surface area contributed by atoms with Crippen LogP contribution in [0.2, 0.25) is 5.02 Å². The van der Waals surface area contributed by atoms with Crippen molar-refractivity contribution in [2.24, 2.45) is 0 Å². The molecule has 0 saturated heterocycles. The van der Waals surface area contributed by atoms with Gasteiger partial charge in [0.15, 0.2) is 11.5 Å². The molecule has 10 heteroatoms. The van der Waals surface area contributed by atoms with Gasteiger partial charge in [0.1, 0.15) is 0 Å². The maximum atomic E-state index is 13.0. The van der Waals surface area contributed by atoms with Crippen molar-refractivity contribution in [1.29, 1.82) is 0 Å². The number of alkyl halides is 5. The summed E-state index contributed by atoms with van der Waals surface area (Å²) < 4.78 is 64.7. The summed E-state index contributed by atoms with van der Waals surface area (Å²) in [6.07, 6.45) is -6.10. The van der Waals surface area contributed by atoms with Crippen molar-refractivity contribution >= 4 is 22.5 Å². The number of nitrogens with zero attached hydrogens (tertiary/aromatic N) is 3. The predicted octanol–water partition coefficient (Wildman–Crippen LogP) is 4.36. The fourth-order valence-corrected chi connectivity index (χ4v) is 2.29. The highest BCUT2D eigenvalue weighted by molar-refractivity contribution is 6.35. The third-order valence-corrected chi connectivity index (χ3v) is 3.28. The summed E-state index contributed by atoms with van der Waals surface area (Å²) in [6.45, 7) is 0. The average molecular weight is 337 g/mol. The summed E-state index contributed by atoms with van der Waals surface area (Å²) in [5.41, 5.74) is -0.899. The van der Waals surface area contributed by atoms with Crippen molar-refractivity contribution < 1.29 is 22.0 Å². The van der Waals surface area contributed by atoms with Crippen LogP contribution in [-0.2, 0) is 6.18 Å². The van der Waals surface area contributed by atoms with E-state index >= 15 is 0 Å².